The second-order valence-electron chi connectivity index (χ2n) is 3.30. The lowest BCUT2D eigenvalue weighted by Gasteiger charge is -2.15. The highest BCUT2D eigenvalue weighted by atomic mass is 16.2. The zero-order valence-corrected chi connectivity index (χ0v) is 8.18. The first-order valence-electron chi connectivity index (χ1n) is 4.57. The van der Waals surface area contributed by atoms with Crippen LogP contribution in [0.2, 0.25) is 0 Å². The molecule has 4 heteroatoms. The summed E-state index contributed by atoms with van der Waals surface area (Å²) in [6.45, 7) is 4.17. The highest BCUT2D eigenvalue weighted by Gasteiger charge is 2.25. The lowest BCUT2D eigenvalue weighted by molar-refractivity contribution is 0.225. The van der Waals surface area contributed by atoms with Crippen molar-refractivity contribution in [2.75, 3.05) is 0 Å². The molecule has 0 saturated heterocycles. The largest absolute Gasteiger partial charge is 0.382 e. The van der Waals surface area contributed by atoms with Gasteiger partial charge in [0.05, 0.1) is 12.2 Å². The molecule has 4 nitrogen and oxygen atoms in total. The van der Waals surface area contributed by atoms with Crippen LogP contribution in [0.3, 0.4) is 0 Å². The van der Waals surface area contributed by atoms with E-state index in [1.807, 2.05) is 30.3 Å². The normalized spacial score (nSPS) is 15.7. The van der Waals surface area contributed by atoms with Crippen LogP contribution in [0.1, 0.15) is 5.56 Å². The Morgan fingerprint density at radius 2 is 2.00 bits per heavy atom. The molecular weight excluding hydrogens is 190 g/mol. The van der Waals surface area contributed by atoms with Crippen LogP contribution in [-0.4, -0.2) is 16.8 Å². The predicted octanol–water partition coefficient (Wildman–Crippen LogP) is 1.49. The lowest BCUT2D eigenvalue weighted by Crippen LogP contribution is -2.25. The van der Waals surface area contributed by atoms with Gasteiger partial charge in [-0.15, -0.1) is 0 Å². The van der Waals surface area contributed by atoms with Crippen LogP contribution in [-0.2, 0) is 6.54 Å². The standard InChI is InChI=1S/C11H11N3O/c1-8-10(12)13-11(15)14(8)7-9-5-3-2-4-6-9/h2-6H,1,7H2,(H2,12,13,15). The first-order valence-corrected chi connectivity index (χ1v) is 4.57. The number of benzene rings is 1. The number of amidine groups is 1. The molecule has 0 aliphatic carbocycles. The molecule has 1 aliphatic rings. The first-order chi connectivity index (χ1) is 7.18. The summed E-state index contributed by atoms with van der Waals surface area (Å²) in [7, 11) is 0. The van der Waals surface area contributed by atoms with Crippen molar-refractivity contribution < 1.29 is 4.79 Å². The Kier molecular flexibility index (Phi) is 2.25. The number of nitrogens with zero attached hydrogens (tertiary/aromatic N) is 2. The van der Waals surface area contributed by atoms with E-state index in [1.54, 1.807) is 0 Å². The maximum absolute atomic E-state index is 11.4. The zero-order valence-electron chi connectivity index (χ0n) is 8.18. The maximum atomic E-state index is 11.4. The maximum Gasteiger partial charge on any atom is 0.350 e. The molecule has 0 spiro atoms. The Hall–Kier alpha value is -2.10. The average molecular weight is 201 g/mol. The van der Waals surface area contributed by atoms with E-state index >= 15 is 0 Å². The summed E-state index contributed by atoms with van der Waals surface area (Å²) in [6, 6.07) is 9.30. The van der Waals surface area contributed by atoms with Gasteiger partial charge in [-0.3, -0.25) is 4.90 Å². The van der Waals surface area contributed by atoms with Crippen molar-refractivity contribution >= 4 is 11.9 Å². The molecular formula is C11H11N3O. The van der Waals surface area contributed by atoms with Gasteiger partial charge in [-0.05, 0) is 5.56 Å². The van der Waals surface area contributed by atoms with Crippen LogP contribution in [0, 0.1) is 0 Å². The minimum absolute atomic E-state index is 0.205. The molecule has 0 radical (unpaired) electrons. The van der Waals surface area contributed by atoms with Gasteiger partial charge < -0.3 is 5.73 Å². The molecule has 0 fully saturated rings. The van der Waals surface area contributed by atoms with E-state index < -0.39 is 0 Å². The van der Waals surface area contributed by atoms with Crippen molar-refractivity contribution in [3.8, 4) is 0 Å². The number of hydrogen-bond acceptors (Lipinski definition) is 2. The summed E-state index contributed by atoms with van der Waals surface area (Å²) < 4.78 is 0. The second-order valence-corrected chi connectivity index (χ2v) is 3.30. The van der Waals surface area contributed by atoms with Crippen molar-refractivity contribution in [2.45, 2.75) is 6.54 Å². The monoisotopic (exact) mass is 201 g/mol. The Balaban J connectivity index is 2.15. The molecule has 1 aliphatic heterocycles. The number of nitrogens with two attached hydrogens (primary N) is 1. The Bertz CT molecular complexity index is 436. The van der Waals surface area contributed by atoms with E-state index in [4.69, 9.17) is 5.73 Å². The summed E-state index contributed by atoms with van der Waals surface area (Å²) in [6.07, 6.45) is 0. The molecule has 1 aromatic rings. The molecule has 1 heterocycles. The van der Waals surface area contributed by atoms with E-state index in [-0.39, 0.29) is 11.9 Å². The molecule has 76 valence electrons. The lowest BCUT2D eigenvalue weighted by atomic mass is 10.2. The number of rotatable bonds is 2. The third-order valence-electron chi connectivity index (χ3n) is 2.25. The molecule has 2 amide bonds. The molecule has 0 aromatic heterocycles. The number of carbonyl (C=O) groups is 1. The molecule has 0 atom stereocenters. The van der Waals surface area contributed by atoms with Crippen LogP contribution in [0.25, 0.3) is 0 Å². The number of aliphatic imine (C=N–C) groups is 1. The molecule has 0 unspecified atom stereocenters. The van der Waals surface area contributed by atoms with Crippen LogP contribution < -0.4 is 5.73 Å². The van der Waals surface area contributed by atoms with Gasteiger partial charge in [0.15, 0.2) is 5.84 Å². The van der Waals surface area contributed by atoms with Crippen LogP contribution in [0.5, 0.6) is 0 Å². The fourth-order valence-corrected chi connectivity index (χ4v) is 1.41. The SMILES string of the molecule is C=C1C(N)=NC(=O)N1Cc1ccccc1. The number of carbonyl (C=O) groups excluding carboxylic acids is 1. The van der Waals surface area contributed by atoms with E-state index in [2.05, 4.69) is 11.6 Å². The molecule has 0 bridgehead atoms. The van der Waals surface area contributed by atoms with Crippen molar-refractivity contribution in [3.05, 3.63) is 48.2 Å². The van der Waals surface area contributed by atoms with Gasteiger partial charge in [0.2, 0.25) is 0 Å². The number of hydrogen-bond donors (Lipinski definition) is 1. The van der Waals surface area contributed by atoms with Crippen LogP contribution in [0.15, 0.2) is 47.6 Å². The summed E-state index contributed by atoms with van der Waals surface area (Å²) in [5.41, 5.74) is 7.00. The van der Waals surface area contributed by atoms with Crippen molar-refractivity contribution in [1.82, 2.24) is 4.90 Å². The summed E-state index contributed by atoms with van der Waals surface area (Å²) in [5, 5.41) is 0. The minimum Gasteiger partial charge on any atom is -0.382 e. The zero-order chi connectivity index (χ0) is 10.8. The minimum atomic E-state index is -0.346. The van der Waals surface area contributed by atoms with Crippen LogP contribution in [0.4, 0.5) is 4.79 Å². The quantitative estimate of drug-likeness (QED) is 0.788. The van der Waals surface area contributed by atoms with E-state index in [1.165, 1.54) is 4.90 Å². The third-order valence-corrected chi connectivity index (χ3v) is 2.25. The summed E-state index contributed by atoms with van der Waals surface area (Å²) >= 11 is 0. The Labute approximate surface area is 87.7 Å². The van der Waals surface area contributed by atoms with Gasteiger partial charge in [0.1, 0.15) is 0 Å². The molecule has 0 saturated carbocycles. The number of urea groups is 1. The molecule has 2 rings (SSSR count). The van der Waals surface area contributed by atoms with Gasteiger partial charge in [-0.2, -0.15) is 4.99 Å². The predicted molar refractivity (Wildman–Crippen MR) is 58.1 cm³/mol. The van der Waals surface area contributed by atoms with Crippen molar-refractivity contribution in [2.24, 2.45) is 10.7 Å². The van der Waals surface area contributed by atoms with Crippen molar-refractivity contribution in [3.63, 3.8) is 0 Å². The summed E-state index contributed by atoms with van der Waals surface area (Å²) in [4.78, 5) is 16.5. The fourth-order valence-electron chi connectivity index (χ4n) is 1.41. The smallest absolute Gasteiger partial charge is 0.350 e. The van der Waals surface area contributed by atoms with Crippen LogP contribution >= 0.6 is 0 Å². The Morgan fingerprint density at radius 1 is 1.33 bits per heavy atom. The van der Waals surface area contributed by atoms with Gasteiger partial charge in [0, 0.05) is 0 Å². The van der Waals surface area contributed by atoms with Gasteiger partial charge in [-0.25, -0.2) is 4.79 Å². The highest BCUT2D eigenvalue weighted by Crippen LogP contribution is 2.16. The average Bonchev–Trinajstić information content (AvgIpc) is 2.47. The van der Waals surface area contributed by atoms with E-state index in [9.17, 15) is 4.79 Å². The molecule has 15 heavy (non-hydrogen) atoms. The van der Waals surface area contributed by atoms with Gasteiger partial charge in [-0.1, -0.05) is 36.9 Å². The van der Waals surface area contributed by atoms with E-state index in [0.29, 0.717) is 12.2 Å². The second kappa shape index (κ2) is 3.57. The fraction of sp³-hybridized carbons (Fsp3) is 0.0909. The number of amides is 2. The highest BCUT2D eigenvalue weighted by molar-refractivity contribution is 6.10. The van der Waals surface area contributed by atoms with Crippen molar-refractivity contribution in [1.29, 1.82) is 0 Å². The van der Waals surface area contributed by atoms with Gasteiger partial charge >= 0.3 is 6.03 Å². The molecule has 2 N–H and O–H groups in total. The summed E-state index contributed by atoms with van der Waals surface area (Å²) in [5.74, 6) is 0.205. The molecule has 1 aromatic carbocycles. The third kappa shape index (κ3) is 1.74. The Morgan fingerprint density at radius 3 is 2.53 bits per heavy atom. The topological polar surface area (TPSA) is 58.7 Å². The van der Waals surface area contributed by atoms with E-state index in [0.717, 1.165) is 5.56 Å². The first kappa shape index (κ1) is 9.45. The van der Waals surface area contributed by atoms with Gasteiger partial charge in [0.25, 0.3) is 0 Å².